The van der Waals surface area contributed by atoms with Crippen molar-refractivity contribution in [2.45, 2.75) is 17.4 Å². The summed E-state index contributed by atoms with van der Waals surface area (Å²) in [5.41, 5.74) is 0.545. The van der Waals surface area contributed by atoms with E-state index in [0.717, 1.165) is 11.3 Å². The summed E-state index contributed by atoms with van der Waals surface area (Å²) in [5.74, 6) is -1.78. The van der Waals surface area contributed by atoms with E-state index in [0.29, 0.717) is 5.56 Å². The maximum atomic E-state index is 12.7. The number of hydrogen-bond donors (Lipinski definition) is 1. The fourth-order valence-corrected chi connectivity index (χ4v) is 6.81. The molecule has 2 fully saturated rings. The molecule has 1 saturated heterocycles. The van der Waals surface area contributed by atoms with E-state index in [-0.39, 0.29) is 52.7 Å². The van der Waals surface area contributed by atoms with E-state index in [2.05, 4.69) is 5.32 Å². The van der Waals surface area contributed by atoms with Crippen LogP contribution in [-0.2, 0) is 24.2 Å². The van der Waals surface area contributed by atoms with Gasteiger partial charge in [-0.2, -0.15) is 0 Å². The molecule has 4 aliphatic rings. The van der Waals surface area contributed by atoms with Crippen LogP contribution in [0.3, 0.4) is 0 Å². The standard InChI is InChI=1S/C19H18N2O5S/c22-15(20-13-9-27(25,26)14-4-2-1-3-12(13)14)8-21-18(23)16-10-5-6-11(7-10)17(16)19(21)24/h1-6,10-11,13,16-17H,7-9H2,(H,20,22)/t10-,11+,13-,16+,17-/m1/s1. The number of fused-ring (bicyclic) bond motifs is 6. The highest BCUT2D eigenvalue weighted by atomic mass is 32.2. The highest BCUT2D eigenvalue weighted by molar-refractivity contribution is 7.91. The number of likely N-dealkylation sites (tertiary alicyclic amines) is 1. The average molecular weight is 386 g/mol. The van der Waals surface area contributed by atoms with Crippen LogP contribution < -0.4 is 5.32 Å². The zero-order chi connectivity index (χ0) is 18.9. The Morgan fingerprint density at radius 2 is 1.70 bits per heavy atom. The Labute approximate surface area is 156 Å². The van der Waals surface area contributed by atoms with Gasteiger partial charge in [-0.25, -0.2) is 8.42 Å². The minimum atomic E-state index is -3.44. The molecule has 5 rings (SSSR count). The highest BCUT2D eigenvalue weighted by Gasteiger charge is 2.59. The van der Waals surface area contributed by atoms with Crippen LogP contribution in [0.1, 0.15) is 18.0 Å². The number of imide groups is 1. The van der Waals surface area contributed by atoms with Crippen molar-refractivity contribution < 1.29 is 22.8 Å². The molecule has 140 valence electrons. The van der Waals surface area contributed by atoms with Crippen LogP contribution in [0.25, 0.3) is 0 Å². The van der Waals surface area contributed by atoms with Gasteiger partial charge in [0.1, 0.15) is 6.54 Å². The Hall–Kier alpha value is -2.48. The number of rotatable bonds is 3. The monoisotopic (exact) mass is 386 g/mol. The molecule has 27 heavy (non-hydrogen) atoms. The van der Waals surface area contributed by atoms with Crippen molar-refractivity contribution in [3.05, 3.63) is 42.0 Å². The van der Waals surface area contributed by atoms with E-state index in [1.807, 2.05) is 12.2 Å². The van der Waals surface area contributed by atoms with Gasteiger partial charge in [-0.05, 0) is 29.9 Å². The van der Waals surface area contributed by atoms with Gasteiger partial charge in [0.05, 0.1) is 28.5 Å². The molecule has 1 saturated carbocycles. The third kappa shape index (κ3) is 2.32. The van der Waals surface area contributed by atoms with Crippen LogP contribution in [0.5, 0.6) is 0 Å². The molecular weight excluding hydrogens is 368 g/mol. The van der Waals surface area contributed by atoms with Gasteiger partial charge in [0.15, 0.2) is 9.84 Å². The van der Waals surface area contributed by atoms with Crippen LogP contribution in [-0.4, -0.2) is 43.3 Å². The van der Waals surface area contributed by atoms with Crippen LogP contribution in [0.15, 0.2) is 41.3 Å². The Kier molecular flexibility index (Phi) is 3.40. The van der Waals surface area contributed by atoms with Gasteiger partial charge in [0.2, 0.25) is 17.7 Å². The maximum Gasteiger partial charge on any atom is 0.240 e. The summed E-state index contributed by atoms with van der Waals surface area (Å²) < 4.78 is 24.5. The first-order chi connectivity index (χ1) is 12.9. The summed E-state index contributed by atoms with van der Waals surface area (Å²) in [6.07, 6.45) is 4.84. The van der Waals surface area contributed by atoms with Crippen molar-refractivity contribution in [1.29, 1.82) is 0 Å². The summed E-state index contributed by atoms with van der Waals surface area (Å²) in [5, 5.41) is 2.68. The molecule has 7 nitrogen and oxygen atoms in total. The van der Waals surface area contributed by atoms with E-state index in [1.165, 1.54) is 6.07 Å². The van der Waals surface area contributed by atoms with Gasteiger partial charge in [-0.15, -0.1) is 0 Å². The molecule has 0 aromatic heterocycles. The largest absolute Gasteiger partial charge is 0.347 e. The zero-order valence-corrected chi connectivity index (χ0v) is 15.2. The molecule has 1 aromatic carbocycles. The van der Waals surface area contributed by atoms with Gasteiger partial charge in [0, 0.05) is 0 Å². The second-order valence-electron chi connectivity index (χ2n) is 7.70. The first-order valence-electron chi connectivity index (χ1n) is 9.01. The molecule has 0 unspecified atom stereocenters. The number of amides is 3. The van der Waals surface area contributed by atoms with E-state index < -0.39 is 21.8 Å². The molecule has 8 heteroatoms. The third-order valence-electron chi connectivity index (χ3n) is 6.21. The second-order valence-corrected chi connectivity index (χ2v) is 9.70. The van der Waals surface area contributed by atoms with Crippen LogP contribution in [0.4, 0.5) is 0 Å². The zero-order valence-electron chi connectivity index (χ0n) is 14.4. The molecule has 5 atom stereocenters. The number of benzene rings is 1. The van der Waals surface area contributed by atoms with Crippen LogP contribution in [0, 0.1) is 23.7 Å². The Morgan fingerprint density at radius 3 is 2.37 bits per heavy atom. The predicted molar refractivity (Wildman–Crippen MR) is 93.8 cm³/mol. The summed E-state index contributed by atoms with van der Waals surface area (Å²) >= 11 is 0. The van der Waals surface area contributed by atoms with Crippen molar-refractivity contribution in [1.82, 2.24) is 10.2 Å². The number of nitrogens with zero attached hydrogens (tertiary/aromatic N) is 1. The molecule has 3 amide bonds. The van der Waals surface area contributed by atoms with Crippen LogP contribution in [0.2, 0.25) is 0 Å². The first kappa shape index (κ1) is 16.7. The summed E-state index contributed by atoms with van der Waals surface area (Å²) in [7, 11) is -3.44. The van der Waals surface area contributed by atoms with Gasteiger partial charge < -0.3 is 5.32 Å². The van der Waals surface area contributed by atoms with Gasteiger partial charge in [-0.3, -0.25) is 19.3 Å². The number of carbonyl (C=O) groups is 3. The number of sulfone groups is 1. The lowest BCUT2D eigenvalue weighted by Gasteiger charge is -2.19. The van der Waals surface area contributed by atoms with E-state index in [1.54, 1.807) is 18.2 Å². The SMILES string of the molecule is O=C(CN1C(=O)[C@@H]2[C@H](C1=O)[C@H]1C=C[C@@H]2C1)N[C@@H]1CS(=O)(=O)c2ccccc21. The van der Waals surface area contributed by atoms with Gasteiger partial charge in [-0.1, -0.05) is 30.4 Å². The molecule has 0 radical (unpaired) electrons. The Morgan fingerprint density at radius 1 is 1.07 bits per heavy atom. The Bertz CT molecular complexity index is 985. The van der Waals surface area contributed by atoms with Crippen molar-refractivity contribution in [2.24, 2.45) is 23.7 Å². The van der Waals surface area contributed by atoms with Crippen LogP contribution >= 0.6 is 0 Å². The van der Waals surface area contributed by atoms with Gasteiger partial charge >= 0.3 is 0 Å². The number of nitrogens with one attached hydrogen (secondary N) is 1. The first-order valence-corrected chi connectivity index (χ1v) is 10.7. The summed E-state index contributed by atoms with van der Waals surface area (Å²) in [4.78, 5) is 39.1. The third-order valence-corrected chi connectivity index (χ3v) is 8.03. The topological polar surface area (TPSA) is 101 Å². The maximum absolute atomic E-state index is 12.7. The lowest BCUT2D eigenvalue weighted by molar-refractivity contribution is -0.144. The molecule has 1 N–H and O–H groups in total. The predicted octanol–water partition coefficient (Wildman–Crippen LogP) is 0.438. The molecule has 2 aliphatic heterocycles. The minimum absolute atomic E-state index is 0.0939. The number of hydrogen-bond acceptors (Lipinski definition) is 5. The smallest absolute Gasteiger partial charge is 0.240 e. The van der Waals surface area contributed by atoms with E-state index in [4.69, 9.17) is 0 Å². The molecule has 1 aromatic rings. The number of allylic oxidation sites excluding steroid dienone is 2. The average Bonchev–Trinajstić information content (AvgIpc) is 3.35. The lowest BCUT2D eigenvalue weighted by Crippen LogP contribution is -2.43. The van der Waals surface area contributed by atoms with Gasteiger partial charge in [0.25, 0.3) is 0 Å². The fourth-order valence-electron chi connectivity index (χ4n) is 5.07. The minimum Gasteiger partial charge on any atom is -0.347 e. The normalized spacial score (nSPS) is 34.8. The summed E-state index contributed by atoms with van der Waals surface area (Å²) in [6, 6.07) is 5.89. The fraction of sp³-hybridized carbons (Fsp3) is 0.421. The summed E-state index contributed by atoms with van der Waals surface area (Å²) in [6.45, 7) is -0.358. The van der Waals surface area contributed by atoms with Crippen molar-refractivity contribution in [3.8, 4) is 0 Å². The van der Waals surface area contributed by atoms with E-state index in [9.17, 15) is 22.8 Å². The van der Waals surface area contributed by atoms with Crippen molar-refractivity contribution >= 4 is 27.6 Å². The Balaban J connectivity index is 1.31. The molecule has 0 spiro atoms. The second kappa shape index (κ2) is 5.51. The van der Waals surface area contributed by atoms with Crippen molar-refractivity contribution in [2.75, 3.05) is 12.3 Å². The molecule has 2 aliphatic carbocycles. The van der Waals surface area contributed by atoms with E-state index >= 15 is 0 Å². The molecule has 2 bridgehead atoms. The molecule has 2 heterocycles. The number of carbonyl (C=O) groups excluding carboxylic acids is 3. The quantitative estimate of drug-likeness (QED) is 0.600. The highest BCUT2D eigenvalue weighted by Crippen LogP contribution is 2.52. The lowest BCUT2D eigenvalue weighted by atomic mass is 9.85. The molecular formula is C19H18N2O5S. The van der Waals surface area contributed by atoms with Crippen molar-refractivity contribution in [3.63, 3.8) is 0 Å².